The Morgan fingerprint density at radius 2 is 2.22 bits per heavy atom. The normalized spacial score (nSPS) is 25.1. The van der Waals surface area contributed by atoms with Crippen LogP contribution in [0.25, 0.3) is 0 Å². The monoisotopic (exact) mass is 258 g/mol. The highest BCUT2D eigenvalue weighted by Crippen LogP contribution is 2.14. The summed E-state index contributed by atoms with van der Waals surface area (Å²) in [5, 5.41) is 15.2. The highest BCUT2D eigenvalue weighted by atomic mass is 16.5. The molecule has 0 saturated carbocycles. The summed E-state index contributed by atoms with van der Waals surface area (Å²) >= 11 is 0. The molecular weight excluding hydrogens is 232 g/mol. The number of hydrogen-bond acceptors (Lipinski definition) is 4. The number of carbonyl (C=O) groups excluding carboxylic acids is 1. The molecule has 0 aromatic carbocycles. The Bertz CT molecular complexity index is 248. The van der Waals surface area contributed by atoms with E-state index in [0.717, 1.165) is 19.4 Å². The Kier molecular flexibility index (Phi) is 7.23. The second kappa shape index (κ2) is 8.45. The quantitative estimate of drug-likeness (QED) is 0.579. The molecular formula is C13H26N2O3. The molecule has 0 aromatic heterocycles. The summed E-state index contributed by atoms with van der Waals surface area (Å²) in [6, 6.07) is 0.132. The molecule has 5 heteroatoms. The van der Waals surface area contributed by atoms with E-state index in [0.29, 0.717) is 25.7 Å². The predicted molar refractivity (Wildman–Crippen MR) is 70.3 cm³/mol. The van der Waals surface area contributed by atoms with Gasteiger partial charge >= 0.3 is 0 Å². The molecule has 1 heterocycles. The van der Waals surface area contributed by atoms with Gasteiger partial charge in [-0.25, -0.2) is 0 Å². The predicted octanol–water partition coefficient (Wildman–Crippen LogP) is 0.136. The van der Waals surface area contributed by atoms with Crippen molar-refractivity contribution < 1.29 is 14.6 Å². The van der Waals surface area contributed by atoms with Crippen molar-refractivity contribution in [3.63, 3.8) is 0 Å². The zero-order chi connectivity index (χ0) is 13.4. The van der Waals surface area contributed by atoms with Gasteiger partial charge in [-0.3, -0.25) is 4.79 Å². The molecule has 1 amide bonds. The van der Waals surface area contributed by atoms with Gasteiger partial charge < -0.3 is 20.5 Å². The smallest absolute Gasteiger partial charge is 0.227 e. The van der Waals surface area contributed by atoms with E-state index in [-0.39, 0.29) is 24.5 Å². The highest BCUT2D eigenvalue weighted by molar-refractivity contribution is 5.79. The molecule has 1 aliphatic rings. The summed E-state index contributed by atoms with van der Waals surface area (Å²) in [7, 11) is 0. The topological polar surface area (TPSA) is 70.6 Å². The number of hydrogen-bond donors (Lipinski definition) is 3. The molecule has 3 unspecified atom stereocenters. The Morgan fingerprint density at radius 3 is 2.83 bits per heavy atom. The van der Waals surface area contributed by atoms with Crippen LogP contribution in [0.15, 0.2) is 0 Å². The molecule has 1 saturated heterocycles. The highest BCUT2D eigenvalue weighted by Gasteiger charge is 2.33. The summed E-state index contributed by atoms with van der Waals surface area (Å²) in [5.41, 5.74) is 0. The fourth-order valence-corrected chi connectivity index (χ4v) is 2.29. The van der Waals surface area contributed by atoms with Crippen LogP contribution in [0, 0.1) is 11.8 Å². The standard InChI is InChI=1S/C13H26N2O3/c1-3-10(5-6-16)7-15-13(17)11-8-18-9-12(11)14-4-2/h10-12,14,16H,3-9H2,1-2H3,(H,15,17). The molecule has 5 nitrogen and oxygen atoms in total. The summed E-state index contributed by atoms with van der Waals surface area (Å²) in [5.74, 6) is 0.338. The zero-order valence-corrected chi connectivity index (χ0v) is 11.4. The Hall–Kier alpha value is -0.650. The van der Waals surface area contributed by atoms with Crippen molar-refractivity contribution in [2.24, 2.45) is 11.8 Å². The van der Waals surface area contributed by atoms with Crippen molar-refractivity contribution in [3.8, 4) is 0 Å². The molecule has 18 heavy (non-hydrogen) atoms. The summed E-state index contributed by atoms with van der Waals surface area (Å²) in [6.07, 6.45) is 1.72. The first-order valence-electron chi connectivity index (χ1n) is 6.92. The van der Waals surface area contributed by atoms with Crippen molar-refractivity contribution in [3.05, 3.63) is 0 Å². The molecule has 0 radical (unpaired) electrons. The number of aliphatic hydroxyl groups excluding tert-OH is 1. The Morgan fingerprint density at radius 1 is 1.44 bits per heavy atom. The van der Waals surface area contributed by atoms with Crippen LogP contribution < -0.4 is 10.6 Å². The second-order valence-corrected chi connectivity index (χ2v) is 4.84. The fraction of sp³-hybridized carbons (Fsp3) is 0.923. The van der Waals surface area contributed by atoms with Crippen LogP contribution >= 0.6 is 0 Å². The molecule has 3 N–H and O–H groups in total. The Balaban J connectivity index is 2.35. The number of aliphatic hydroxyl groups is 1. The fourth-order valence-electron chi connectivity index (χ4n) is 2.29. The summed E-state index contributed by atoms with van der Waals surface area (Å²) < 4.78 is 5.36. The van der Waals surface area contributed by atoms with Gasteiger partial charge in [-0.2, -0.15) is 0 Å². The van der Waals surface area contributed by atoms with E-state index in [1.165, 1.54) is 0 Å². The maximum Gasteiger partial charge on any atom is 0.227 e. The van der Waals surface area contributed by atoms with Crippen LogP contribution in [0.4, 0.5) is 0 Å². The van der Waals surface area contributed by atoms with Gasteiger partial charge in [-0.05, 0) is 18.9 Å². The van der Waals surface area contributed by atoms with Gasteiger partial charge in [-0.1, -0.05) is 20.3 Å². The van der Waals surface area contributed by atoms with Crippen molar-refractivity contribution in [1.29, 1.82) is 0 Å². The number of carbonyl (C=O) groups is 1. The maximum atomic E-state index is 12.1. The van der Waals surface area contributed by atoms with Gasteiger partial charge in [0.15, 0.2) is 0 Å². The third kappa shape index (κ3) is 4.55. The first-order valence-corrected chi connectivity index (χ1v) is 6.92. The van der Waals surface area contributed by atoms with Gasteiger partial charge in [0.25, 0.3) is 0 Å². The van der Waals surface area contributed by atoms with Gasteiger partial charge in [0.05, 0.1) is 19.1 Å². The van der Waals surface area contributed by atoms with Crippen molar-refractivity contribution in [1.82, 2.24) is 10.6 Å². The molecule has 0 aromatic rings. The SMILES string of the molecule is CCNC1COCC1C(=O)NCC(CC)CCO. The molecule has 0 bridgehead atoms. The van der Waals surface area contributed by atoms with Crippen LogP contribution in [-0.2, 0) is 9.53 Å². The average Bonchev–Trinajstić information content (AvgIpc) is 2.83. The van der Waals surface area contributed by atoms with Gasteiger partial charge in [0.1, 0.15) is 0 Å². The van der Waals surface area contributed by atoms with Crippen LogP contribution in [-0.4, -0.2) is 50.0 Å². The number of rotatable bonds is 8. The molecule has 1 fully saturated rings. The maximum absolute atomic E-state index is 12.1. The van der Waals surface area contributed by atoms with E-state index in [4.69, 9.17) is 9.84 Å². The number of nitrogens with one attached hydrogen (secondary N) is 2. The number of amides is 1. The van der Waals surface area contributed by atoms with Crippen molar-refractivity contribution >= 4 is 5.91 Å². The number of likely N-dealkylation sites (N-methyl/N-ethyl adjacent to an activating group) is 1. The molecule has 0 aliphatic carbocycles. The van der Waals surface area contributed by atoms with Gasteiger partial charge in [-0.15, -0.1) is 0 Å². The molecule has 0 spiro atoms. The lowest BCUT2D eigenvalue weighted by Gasteiger charge is -2.20. The van der Waals surface area contributed by atoms with Crippen LogP contribution in [0.2, 0.25) is 0 Å². The lowest BCUT2D eigenvalue weighted by molar-refractivity contribution is -0.125. The van der Waals surface area contributed by atoms with E-state index >= 15 is 0 Å². The third-order valence-electron chi connectivity index (χ3n) is 3.56. The van der Waals surface area contributed by atoms with E-state index in [9.17, 15) is 4.79 Å². The molecule has 1 rings (SSSR count). The Labute approximate surface area is 109 Å². The minimum Gasteiger partial charge on any atom is -0.396 e. The van der Waals surface area contributed by atoms with E-state index in [1.807, 2.05) is 6.92 Å². The van der Waals surface area contributed by atoms with Crippen LogP contribution in [0.3, 0.4) is 0 Å². The summed E-state index contributed by atoms with van der Waals surface area (Å²) in [6.45, 7) is 6.89. The molecule has 106 valence electrons. The van der Waals surface area contributed by atoms with Crippen LogP contribution in [0.5, 0.6) is 0 Å². The second-order valence-electron chi connectivity index (χ2n) is 4.84. The van der Waals surface area contributed by atoms with Gasteiger partial charge in [0.2, 0.25) is 5.91 Å². The average molecular weight is 258 g/mol. The van der Waals surface area contributed by atoms with Crippen molar-refractivity contribution in [2.45, 2.75) is 32.7 Å². The first-order chi connectivity index (χ1) is 8.72. The molecule has 3 atom stereocenters. The number of ether oxygens (including phenoxy) is 1. The van der Waals surface area contributed by atoms with Crippen LogP contribution in [0.1, 0.15) is 26.7 Å². The van der Waals surface area contributed by atoms with Gasteiger partial charge in [0, 0.05) is 19.2 Å². The third-order valence-corrected chi connectivity index (χ3v) is 3.56. The lowest BCUT2D eigenvalue weighted by Crippen LogP contribution is -2.45. The molecule has 1 aliphatic heterocycles. The van der Waals surface area contributed by atoms with E-state index in [1.54, 1.807) is 0 Å². The van der Waals surface area contributed by atoms with Crippen molar-refractivity contribution in [2.75, 3.05) is 32.9 Å². The minimum atomic E-state index is -0.0865. The zero-order valence-electron chi connectivity index (χ0n) is 11.4. The minimum absolute atomic E-state index is 0.0647. The first kappa shape index (κ1) is 15.4. The largest absolute Gasteiger partial charge is 0.396 e. The van der Waals surface area contributed by atoms with E-state index < -0.39 is 0 Å². The summed E-state index contributed by atoms with van der Waals surface area (Å²) in [4.78, 5) is 12.1. The van der Waals surface area contributed by atoms with E-state index in [2.05, 4.69) is 17.6 Å². The lowest BCUT2D eigenvalue weighted by atomic mass is 10.0.